The van der Waals surface area contributed by atoms with Crippen LogP contribution in [0.3, 0.4) is 0 Å². The number of carbonyl (C=O) groups excluding carboxylic acids is 1. The molecule has 6 nitrogen and oxygen atoms in total. The smallest absolute Gasteiger partial charge is 0.264 e. The fourth-order valence-electron chi connectivity index (χ4n) is 3.89. The van der Waals surface area contributed by atoms with E-state index in [2.05, 4.69) is 4.90 Å². The maximum absolute atomic E-state index is 13.6. The molecule has 9 heteroatoms. The molecule has 178 valence electrons. The Morgan fingerprint density at radius 1 is 0.912 bits per heavy atom. The lowest BCUT2D eigenvalue weighted by atomic mass is 10.2. The van der Waals surface area contributed by atoms with E-state index in [0.29, 0.717) is 31.2 Å². The minimum absolute atomic E-state index is 0.0795. The lowest BCUT2D eigenvalue weighted by Crippen LogP contribution is -2.52. The van der Waals surface area contributed by atoms with E-state index in [-0.39, 0.29) is 28.1 Å². The summed E-state index contributed by atoms with van der Waals surface area (Å²) >= 11 is 12.5. The molecule has 0 saturated carbocycles. The Kier molecular flexibility index (Phi) is 7.36. The Balaban J connectivity index is 1.58. The van der Waals surface area contributed by atoms with E-state index < -0.39 is 10.0 Å². The Hall–Kier alpha value is -2.74. The van der Waals surface area contributed by atoms with Crippen LogP contribution < -0.4 is 9.21 Å². The zero-order valence-corrected chi connectivity index (χ0v) is 21.0. The normalized spacial score (nSPS) is 14.2. The molecule has 4 rings (SSSR count). The first kappa shape index (κ1) is 24.4. The highest BCUT2D eigenvalue weighted by Gasteiger charge is 2.31. The fraction of sp³-hybridized carbons (Fsp3) is 0.240. The summed E-state index contributed by atoms with van der Waals surface area (Å²) in [7, 11) is -4.07. The summed E-state index contributed by atoms with van der Waals surface area (Å²) in [4.78, 5) is 17.3. The molecule has 0 unspecified atom stereocenters. The van der Waals surface area contributed by atoms with E-state index in [0.717, 1.165) is 15.6 Å². The average Bonchev–Trinajstić information content (AvgIpc) is 2.85. The summed E-state index contributed by atoms with van der Waals surface area (Å²) in [6.45, 7) is 3.82. The van der Waals surface area contributed by atoms with Gasteiger partial charge in [-0.15, -0.1) is 0 Å². The van der Waals surface area contributed by atoms with Gasteiger partial charge in [-0.1, -0.05) is 59.1 Å². The summed E-state index contributed by atoms with van der Waals surface area (Å²) in [5.41, 5.74) is 2.20. The van der Waals surface area contributed by atoms with Crippen LogP contribution in [0, 0.1) is 6.92 Å². The van der Waals surface area contributed by atoms with Gasteiger partial charge < -0.3 is 9.80 Å². The van der Waals surface area contributed by atoms with Gasteiger partial charge in [-0.25, -0.2) is 8.42 Å². The summed E-state index contributed by atoms with van der Waals surface area (Å²) in [5.74, 6) is -0.292. The Morgan fingerprint density at radius 2 is 1.56 bits per heavy atom. The third-order valence-corrected chi connectivity index (χ3v) is 8.15. The van der Waals surface area contributed by atoms with Gasteiger partial charge in [-0.3, -0.25) is 9.10 Å². The second-order valence-corrected chi connectivity index (χ2v) is 10.8. The monoisotopic (exact) mass is 517 g/mol. The van der Waals surface area contributed by atoms with Crippen LogP contribution in [0.5, 0.6) is 0 Å². The first-order valence-electron chi connectivity index (χ1n) is 10.9. The van der Waals surface area contributed by atoms with Gasteiger partial charge >= 0.3 is 0 Å². The number of anilines is 2. The molecule has 0 aliphatic carbocycles. The van der Waals surface area contributed by atoms with Crippen LogP contribution in [0.4, 0.5) is 11.4 Å². The van der Waals surface area contributed by atoms with Gasteiger partial charge in [0.1, 0.15) is 6.54 Å². The number of amides is 1. The quantitative estimate of drug-likeness (QED) is 0.469. The molecule has 0 spiro atoms. The molecular weight excluding hydrogens is 493 g/mol. The molecule has 0 bridgehead atoms. The second-order valence-electron chi connectivity index (χ2n) is 8.12. The molecule has 1 heterocycles. The average molecular weight is 518 g/mol. The predicted molar refractivity (Wildman–Crippen MR) is 137 cm³/mol. The van der Waals surface area contributed by atoms with Crippen LogP contribution in [-0.4, -0.2) is 51.9 Å². The van der Waals surface area contributed by atoms with Crippen LogP contribution in [0.2, 0.25) is 10.0 Å². The van der Waals surface area contributed by atoms with Crippen molar-refractivity contribution >= 4 is 50.5 Å². The van der Waals surface area contributed by atoms with Crippen molar-refractivity contribution in [2.24, 2.45) is 0 Å². The zero-order valence-electron chi connectivity index (χ0n) is 18.7. The van der Waals surface area contributed by atoms with Gasteiger partial charge in [0.15, 0.2) is 0 Å². The Bertz CT molecular complexity index is 1260. The highest BCUT2D eigenvalue weighted by Crippen LogP contribution is 2.33. The van der Waals surface area contributed by atoms with Crippen LogP contribution in [0.25, 0.3) is 0 Å². The number of rotatable bonds is 6. The molecule has 0 aromatic heterocycles. The van der Waals surface area contributed by atoms with Gasteiger partial charge in [0.25, 0.3) is 10.0 Å². The maximum Gasteiger partial charge on any atom is 0.264 e. The van der Waals surface area contributed by atoms with Gasteiger partial charge in [0, 0.05) is 36.9 Å². The van der Waals surface area contributed by atoms with Crippen molar-refractivity contribution in [1.29, 1.82) is 0 Å². The molecule has 3 aromatic carbocycles. The SMILES string of the molecule is Cc1ccc(S(=O)(=O)N(CC(=O)N2CCN(c3ccccc3)CC2)c2cc(Cl)ccc2Cl)cc1. The lowest BCUT2D eigenvalue weighted by Gasteiger charge is -2.37. The maximum atomic E-state index is 13.6. The highest BCUT2D eigenvalue weighted by atomic mass is 35.5. The molecule has 0 N–H and O–H groups in total. The number of carbonyl (C=O) groups is 1. The predicted octanol–water partition coefficient (Wildman–Crippen LogP) is 4.85. The summed E-state index contributed by atoms with van der Waals surface area (Å²) in [6.07, 6.45) is 0. The van der Waals surface area contributed by atoms with Crippen LogP contribution in [0.1, 0.15) is 5.56 Å². The summed E-state index contributed by atoms with van der Waals surface area (Å²) < 4.78 is 28.3. The van der Waals surface area contributed by atoms with E-state index >= 15 is 0 Å². The van der Waals surface area contributed by atoms with Crippen molar-refractivity contribution in [3.05, 3.63) is 88.4 Å². The lowest BCUT2D eigenvalue weighted by molar-refractivity contribution is -0.129. The number of nitrogens with zero attached hydrogens (tertiary/aromatic N) is 3. The molecule has 34 heavy (non-hydrogen) atoms. The third kappa shape index (κ3) is 5.32. The molecule has 0 atom stereocenters. The van der Waals surface area contributed by atoms with Crippen molar-refractivity contribution in [1.82, 2.24) is 4.90 Å². The number of sulfonamides is 1. The number of para-hydroxylation sites is 1. The van der Waals surface area contributed by atoms with Crippen molar-refractivity contribution in [2.45, 2.75) is 11.8 Å². The molecule has 3 aromatic rings. The largest absolute Gasteiger partial charge is 0.368 e. The van der Waals surface area contributed by atoms with Crippen LogP contribution >= 0.6 is 23.2 Å². The van der Waals surface area contributed by atoms with Gasteiger partial charge in [-0.2, -0.15) is 0 Å². The Morgan fingerprint density at radius 3 is 2.21 bits per heavy atom. The van der Waals surface area contributed by atoms with E-state index in [1.165, 1.54) is 24.3 Å². The number of halogens is 2. The minimum Gasteiger partial charge on any atom is -0.368 e. The van der Waals surface area contributed by atoms with Gasteiger partial charge in [0.2, 0.25) is 5.91 Å². The number of hydrogen-bond acceptors (Lipinski definition) is 4. The topological polar surface area (TPSA) is 60.9 Å². The fourth-order valence-corrected chi connectivity index (χ4v) is 5.75. The van der Waals surface area contributed by atoms with E-state index in [1.54, 1.807) is 23.1 Å². The van der Waals surface area contributed by atoms with Crippen LogP contribution in [0.15, 0.2) is 77.7 Å². The molecule has 1 saturated heterocycles. The van der Waals surface area contributed by atoms with Gasteiger partial charge in [-0.05, 0) is 49.4 Å². The zero-order chi connectivity index (χ0) is 24.3. The first-order chi connectivity index (χ1) is 16.3. The summed E-state index contributed by atoms with van der Waals surface area (Å²) in [6, 6.07) is 21.1. The number of benzene rings is 3. The van der Waals surface area contributed by atoms with E-state index in [4.69, 9.17) is 23.2 Å². The number of aryl methyl sites for hydroxylation is 1. The van der Waals surface area contributed by atoms with E-state index in [1.807, 2.05) is 37.3 Å². The summed E-state index contributed by atoms with van der Waals surface area (Å²) in [5, 5.41) is 0.522. The molecule has 1 fully saturated rings. The Labute approximate surface area is 210 Å². The van der Waals surface area contributed by atoms with Crippen molar-refractivity contribution in [2.75, 3.05) is 41.9 Å². The van der Waals surface area contributed by atoms with Crippen molar-refractivity contribution in [3.8, 4) is 0 Å². The second kappa shape index (κ2) is 10.3. The number of piperazine rings is 1. The van der Waals surface area contributed by atoms with Gasteiger partial charge in [0.05, 0.1) is 15.6 Å². The third-order valence-electron chi connectivity index (χ3n) is 5.82. The highest BCUT2D eigenvalue weighted by molar-refractivity contribution is 7.92. The first-order valence-corrected chi connectivity index (χ1v) is 13.1. The standard InChI is InChI=1S/C25H25Cl2N3O3S/c1-19-7-10-22(11-8-19)34(32,33)30(24-17-20(26)9-12-23(24)27)18-25(31)29-15-13-28(14-16-29)21-5-3-2-4-6-21/h2-12,17H,13-16,18H2,1H3. The van der Waals surface area contributed by atoms with Crippen LogP contribution in [-0.2, 0) is 14.8 Å². The van der Waals surface area contributed by atoms with Crippen molar-refractivity contribution in [3.63, 3.8) is 0 Å². The molecule has 1 aliphatic heterocycles. The minimum atomic E-state index is -4.07. The molecule has 0 radical (unpaired) electrons. The molecular formula is C25H25Cl2N3O3S. The molecule has 1 aliphatic rings. The number of hydrogen-bond donors (Lipinski definition) is 0. The molecule has 1 amide bonds. The van der Waals surface area contributed by atoms with E-state index in [9.17, 15) is 13.2 Å². The van der Waals surface area contributed by atoms with Crippen molar-refractivity contribution < 1.29 is 13.2 Å².